The molecule has 0 spiro atoms. The van der Waals surface area contributed by atoms with Crippen molar-refractivity contribution in [1.29, 1.82) is 0 Å². The van der Waals surface area contributed by atoms with Gasteiger partial charge in [-0.2, -0.15) is 0 Å². The van der Waals surface area contributed by atoms with Gasteiger partial charge >= 0.3 is 5.97 Å². The van der Waals surface area contributed by atoms with E-state index in [-0.39, 0.29) is 17.8 Å². The molecule has 5 nitrogen and oxygen atoms in total. The number of esters is 1. The Bertz CT molecular complexity index is 469. The predicted molar refractivity (Wildman–Crippen MR) is 69.3 cm³/mol. The van der Waals surface area contributed by atoms with E-state index in [1.165, 1.54) is 7.11 Å². The number of hydrogen-bond acceptors (Lipinski definition) is 4. The second-order valence-corrected chi connectivity index (χ2v) is 4.99. The summed E-state index contributed by atoms with van der Waals surface area (Å²) in [7, 11) is 1.38. The van der Waals surface area contributed by atoms with Crippen LogP contribution in [0.1, 0.15) is 31.2 Å². The standard InChI is InChI=1S/C14H18N2O3/c1-10(11-3-7-15-8-4-11)12(17)16-9-14(5-6-14)13(18)19-2/h3-4,7-8,10H,5-6,9H2,1-2H3,(H,16,17)/t10-/m1/s1. The zero-order valence-electron chi connectivity index (χ0n) is 11.2. The fraction of sp³-hybridized carbons (Fsp3) is 0.500. The van der Waals surface area contributed by atoms with Gasteiger partial charge in [-0.25, -0.2) is 0 Å². The van der Waals surface area contributed by atoms with Crippen LogP contribution in [-0.2, 0) is 14.3 Å². The van der Waals surface area contributed by atoms with E-state index in [0.717, 1.165) is 18.4 Å². The van der Waals surface area contributed by atoms with E-state index in [4.69, 9.17) is 4.74 Å². The minimum Gasteiger partial charge on any atom is -0.469 e. The minimum atomic E-state index is -0.484. The molecule has 1 fully saturated rings. The van der Waals surface area contributed by atoms with Crippen molar-refractivity contribution in [3.8, 4) is 0 Å². The zero-order chi connectivity index (χ0) is 13.9. The molecule has 1 aliphatic rings. The number of nitrogens with one attached hydrogen (secondary N) is 1. The Hall–Kier alpha value is -1.91. The molecule has 1 heterocycles. The van der Waals surface area contributed by atoms with Crippen LogP contribution in [0, 0.1) is 5.41 Å². The largest absolute Gasteiger partial charge is 0.469 e. The van der Waals surface area contributed by atoms with Gasteiger partial charge < -0.3 is 10.1 Å². The molecule has 0 unspecified atom stereocenters. The highest BCUT2D eigenvalue weighted by molar-refractivity contribution is 5.85. The van der Waals surface area contributed by atoms with Gasteiger partial charge in [0.1, 0.15) is 0 Å². The normalized spacial score (nSPS) is 17.4. The highest BCUT2D eigenvalue weighted by Gasteiger charge is 2.51. The van der Waals surface area contributed by atoms with Gasteiger partial charge in [-0.3, -0.25) is 14.6 Å². The lowest BCUT2D eigenvalue weighted by Gasteiger charge is -2.16. The third-order valence-corrected chi connectivity index (χ3v) is 3.67. The van der Waals surface area contributed by atoms with E-state index in [1.807, 2.05) is 19.1 Å². The molecule has 102 valence electrons. The van der Waals surface area contributed by atoms with Crippen LogP contribution in [0.5, 0.6) is 0 Å². The molecule has 1 N–H and O–H groups in total. The zero-order valence-corrected chi connectivity index (χ0v) is 11.2. The van der Waals surface area contributed by atoms with Crippen molar-refractivity contribution in [2.45, 2.75) is 25.7 Å². The number of hydrogen-bond donors (Lipinski definition) is 1. The third-order valence-electron chi connectivity index (χ3n) is 3.67. The highest BCUT2D eigenvalue weighted by Crippen LogP contribution is 2.46. The summed E-state index contributed by atoms with van der Waals surface area (Å²) in [6, 6.07) is 3.63. The first kappa shape index (κ1) is 13.5. The van der Waals surface area contributed by atoms with Gasteiger partial charge in [0.2, 0.25) is 5.91 Å². The molecule has 0 radical (unpaired) electrons. The van der Waals surface area contributed by atoms with Crippen molar-refractivity contribution in [3.05, 3.63) is 30.1 Å². The molecule has 1 saturated carbocycles. The average molecular weight is 262 g/mol. The van der Waals surface area contributed by atoms with Gasteiger partial charge in [0.15, 0.2) is 0 Å². The molecule has 2 rings (SSSR count). The van der Waals surface area contributed by atoms with Gasteiger partial charge in [-0.05, 0) is 37.5 Å². The van der Waals surface area contributed by atoms with Gasteiger partial charge in [-0.1, -0.05) is 0 Å². The van der Waals surface area contributed by atoms with E-state index in [2.05, 4.69) is 10.3 Å². The molecule has 5 heteroatoms. The predicted octanol–water partition coefficient (Wildman–Crippen LogP) is 1.25. The van der Waals surface area contributed by atoms with Crippen molar-refractivity contribution in [2.75, 3.05) is 13.7 Å². The summed E-state index contributed by atoms with van der Waals surface area (Å²) in [6.07, 6.45) is 4.89. The SMILES string of the molecule is COC(=O)C1(CNC(=O)[C@H](C)c2ccncc2)CC1. The van der Waals surface area contributed by atoms with Crippen molar-refractivity contribution in [1.82, 2.24) is 10.3 Å². The monoisotopic (exact) mass is 262 g/mol. The molecule has 19 heavy (non-hydrogen) atoms. The van der Waals surface area contributed by atoms with Crippen molar-refractivity contribution in [3.63, 3.8) is 0 Å². The number of aromatic nitrogens is 1. The number of ether oxygens (including phenoxy) is 1. The van der Waals surface area contributed by atoms with E-state index >= 15 is 0 Å². The Morgan fingerprint density at radius 1 is 1.42 bits per heavy atom. The van der Waals surface area contributed by atoms with Crippen molar-refractivity contribution >= 4 is 11.9 Å². The van der Waals surface area contributed by atoms with Crippen LogP contribution in [0.15, 0.2) is 24.5 Å². The molecule has 0 saturated heterocycles. The Labute approximate surface area is 112 Å². The summed E-state index contributed by atoms with van der Waals surface area (Å²) in [4.78, 5) is 27.5. The maximum absolute atomic E-state index is 12.0. The Balaban J connectivity index is 1.90. The fourth-order valence-corrected chi connectivity index (χ4v) is 2.03. The topological polar surface area (TPSA) is 68.3 Å². The van der Waals surface area contributed by atoms with Crippen molar-refractivity contribution in [2.24, 2.45) is 5.41 Å². The Kier molecular flexibility index (Phi) is 3.83. The van der Waals surface area contributed by atoms with Crippen LogP contribution in [0.3, 0.4) is 0 Å². The van der Waals surface area contributed by atoms with Crippen LogP contribution in [0.2, 0.25) is 0 Å². The molecule has 1 aromatic rings. The van der Waals surface area contributed by atoms with E-state index in [0.29, 0.717) is 6.54 Å². The van der Waals surface area contributed by atoms with Crippen LogP contribution >= 0.6 is 0 Å². The second-order valence-electron chi connectivity index (χ2n) is 4.99. The molecule has 0 aromatic carbocycles. The summed E-state index contributed by atoms with van der Waals surface area (Å²) in [5, 5.41) is 2.84. The van der Waals surface area contributed by atoms with Crippen LogP contribution in [0.25, 0.3) is 0 Å². The van der Waals surface area contributed by atoms with Gasteiger partial charge in [-0.15, -0.1) is 0 Å². The molecule has 1 amide bonds. The second kappa shape index (κ2) is 5.38. The van der Waals surface area contributed by atoms with Crippen LogP contribution in [-0.4, -0.2) is 30.5 Å². The third kappa shape index (κ3) is 2.92. The maximum atomic E-state index is 12.0. The average Bonchev–Trinajstić information content (AvgIpc) is 3.25. The molecule has 0 bridgehead atoms. The number of amides is 1. The molecule has 1 aromatic heterocycles. The number of rotatable bonds is 5. The van der Waals surface area contributed by atoms with Gasteiger partial charge in [0.25, 0.3) is 0 Å². The van der Waals surface area contributed by atoms with Gasteiger partial charge in [0.05, 0.1) is 18.4 Å². The van der Waals surface area contributed by atoms with Crippen LogP contribution < -0.4 is 5.32 Å². The first-order chi connectivity index (χ1) is 9.09. The van der Waals surface area contributed by atoms with E-state index < -0.39 is 5.41 Å². The smallest absolute Gasteiger partial charge is 0.313 e. The first-order valence-electron chi connectivity index (χ1n) is 6.35. The Morgan fingerprint density at radius 2 is 2.05 bits per heavy atom. The fourth-order valence-electron chi connectivity index (χ4n) is 2.03. The van der Waals surface area contributed by atoms with E-state index in [1.54, 1.807) is 12.4 Å². The lowest BCUT2D eigenvalue weighted by molar-refractivity contribution is -0.147. The highest BCUT2D eigenvalue weighted by atomic mass is 16.5. The first-order valence-corrected chi connectivity index (χ1v) is 6.35. The van der Waals surface area contributed by atoms with Crippen LogP contribution in [0.4, 0.5) is 0 Å². The molecule has 1 atom stereocenters. The Morgan fingerprint density at radius 3 is 2.58 bits per heavy atom. The number of carbonyl (C=O) groups is 2. The summed E-state index contributed by atoms with van der Waals surface area (Å²) in [5.74, 6) is -0.567. The van der Waals surface area contributed by atoms with Gasteiger partial charge in [0, 0.05) is 18.9 Å². The molecular formula is C14H18N2O3. The molecular weight excluding hydrogens is 244 g/mol. The summed E-state index contributed by atoms with van der Waals surface area (Å²) in [5.41, 5.74) is 0.429. The molecule has 0 aliphatic heterocycles. The number of carbonyl (C=O) groups excluding carboxylic acids is 2. The summed E-state index contributed by atoms with van der Waals surface area (Å²) >= 11 is 0. The van der Waals surface area contributed by atoms with E-state index in [9.17, 15) is 9.59 Å². The van der Waals surface area contributed by atoms with Crippen molar-refractivity contribution < 1.29 is 14.3 Å². The maximum Gasteiger partial charge on any atom is 0.313 e. The summed E-state index contributed by atoms with van der Waals surface area (Å²) in [6.45, 7) is 2.19. The quantitative estimate of drug-likeness (QED) is 0.811. The lowest BCUT2D eigenvalue weighted by Crippen LogP contribution is -2.36. The number of pyridine rings is 1. The lowest BCUT2D eigenvalue weighted by atomic mass is 10.0. The number of methoxy groups -OCH3 is 1. The summed E-state index contributed by atoms with van der Waals surface area (Å²) < 4.78 is 4.76. The minimum absolute atomic E-state index is 0.0821. The molecule has 1 aliphatic carbocycles. The number of nitrogens with zero attached hydrogens (tertiary/aromatic N) is 1.